The summed E-state index contributed by atoms with van der Waals surface area (Å²) in [5.74, 6) is 1.16. The third kappa shape index (κ3) is 3.74. The molecule has 1 aromatic rings. The number of likely N-dealkylation sites (tertiary alicyclic amines) is 2. The molecule has 26 heavy (non-hydrogen) atoms. The molecule has 0 unspecified atom stereocenters. The van der Waals surface area contributed by atoms with Crippen molar-refractivity contribution >= 4 is 5.91 Å². The minimum atomic E-state index is -0.168. The van der Waals surface area contributed by atoms with Crippen molar-refractivity contribution in [2.45, 2.75) is 44.8 Å². The van der Waals surface area contributed by atoms with Gasteiger partial charge in [-0.1, -0.05) is 12.1 Å². The Hall–Kier alpha value is -1.59. The Morgan fingerprint density at radius 1 is 1.27 bits per heavy atom. The summed E-state index contributed by atoms with van der Waals surface area (Å²) >= 11 is 0. The highest BCUT2D eigenvalue weighted by Gasteiger charge is 2.43. The van der Waals surface area contributed by atoms with Crippen molar-refractivity contribution in [1.29, 1.82) is 0 Å². The lowest BCUT2D eigenvalue weighted by Gasteiger charge is -2.39. The number of benzene rings is 1. The maximum Gasteiger partial charge on any atom is 0.251 e. The van der Waals surface area contributed by atoms with Crippen LogP contribution in [0.1, 0.15) is 37.7 Å². The number of carbonyl (C=O) groups is 1. The van der Waals surface area contributed by atoms with Gasteiger partial charge < -0.3 is 14.4 Å². The van der Waals surface area contributed by atoms with Crippen LogP contribution in [0.4, 0.5) is 0 Å². The average Bonchev–Trinajstić information content (AvgIpc) is 3.34. The van der Waals surface area contributed by atoms with E-state index >= 15 is 0 Å². The Morgan fingerprint density at radius 3 is 2.81 bits per heavy atom. The molecule has 1 amide bonds. The highest BCUT2D eigenvalue weighted by atomic mass is 16.5. The maximum absolute atomic E-state index is 12.6. The molecule has 142 valence electrons. The Labute approximate surface area is 156 Å². The van der Waals surface area contributed by atoms with Crippen LogP contribution < -0.4 is 4.74 Å². The third-order valence-corrected chi connectivity index (χ3v) is 6.41. The van der Waals surface area contributed by atoms with Crippen molar-refractivity contribution in [3.8, 4) is 5.75 Å². The number of rotatable bonds is 4. The second kappa shape index (κ2) is 7.57. The minimum absolute atomic E-state index is 0.168. The van der Waals surface area contributed by atoms with Crippen molar-refractivity contribution in [3.05, 3.63) is 29.8 Å². The zero-order valence-electron chi connectivity index (χ0n) is 15.8. The fraction of sp³-hybridized carbons (Fsp3) is 0.667. The number of hydrogen-bond acceptors (Lipinski definition) is 4. The predicted molar refractivity (Wildman–Crippen MR) is 100 cm³/mol. The molecule has 5 heteroatoms. The molecule has 0 saturated carbocycles. The van der Waals surface area contributed by atoms with E-state index in [1.165, 1.54) is 18.4 Å². The molecule has 0 bridgehead atoms. The molecule has 3 fully saturated rings. The molecule has 3 aliphatic heterocycles. The number of ether oxygens (including phenoxy) is 2. The van der Waals surface area contributed by atoms with Gasteiger partial charge in [0.15, 0.2) is 0 Å². The number of hydrogen-bond donors (Lipinski definition) is 0. The van der Waals surface area contributed by atoms with Crippen molar-refractivity contribution < 1.29 is 14.3 Å². The summed E-state index contributed by atoms with van der Waals surface area (Å²) < 4.78 is 10.9. The molecule has 1 spiro atoms. The number of carbonyl (C=O) groups excluding carboxylic acids is 1. The lowest BCUT2D eigenvalue weighted by Crippen LogP contribution is -2.43. The molecule has 3 aliphatic rings. The highest BCUT2D eigenvalue weighted by Crippen LogP contribution is 2.41. The number of methoxy groups -OCH3 is 1. The van der Waals surface area contributed by atoms with Crippen molar-refractivity contribution in [2.75, 3.05) is 39.9 Å². The lowest BCUT2D eigenvalue weighted by atomic mass is 9.77. The zero-order valence-corrected chi connectivity index (χ0v) is 15.8. The van der Waals surface area contributed by atoms with E-state index in [0.717, 1.165) is 64.3 Å². The monoisotopic (exact) mass is 358 g/mol. The summed E-state index contributed by atoms with van der Waals surface area (Å²) in [5.41, 5.74) is 1.64. The molecule has 3 saturated heterocycles. The third-order valence-electron chi connectivity index (χ3n) is 6.41. The van der Waals surface area contributed by atoms with E-state index < -0.39 is 0 Å². The maximum atomic E-state index is 12.6. The summed E-state index contributed by atoms with van der Waals surface area (Å²) in [5, 5.41) is 0. The predicted octanol–water partition coefficient (Wildman–Crippen LogP) is 2.69. The first-order chi connectivity index (χ1) is 12.7. The van der Waals surface area contributed by atoms with Crippen LogP contribution in [-0.2, 0) is 16.1 Å². The Kier molecular flexibility index (Phi) is 5.18. The first-order valence-corrected chi connectivity index (χ1v) is 9.93. The van der Waals surface area contributed by atoms with Crippen LogP contribution in [-0.4, -0.2) is 61.7 Å². The molecular formula is C21H30N2O3. The van der Waals surface area contributed by atoms with Gasteiger partial charge in [-0.05, 0) is 68.3 Å². The summed E-state index contributed by atoms with van der Waals surface area (Å²) in [4.78, 5) is 17.2. The number of nitrogens with zero attached hydrogens (tertiary/aromatic N) is 2. The van der Waals surface area contributed by atoms with Gasteiger partial charge >= 0.3 is 0 Å². The van der Waals surface area contributed by atoms with Crippen LogP contribution in [0.3, 0.4) is 0 Å². The first-order valence-electron chi connectivity index (χ1n) is 9.93. The van der Waals surface area contributed by atoms with E-state index in [-0.39, 0.29) is 12.0 Å². The summed E-state index contributed by atoms with van der Waals surface area (Å²) in [6.07, 6.45) is 5.28. The van der Waals surface area contributed by atoms with Crippen LogP contribution in [0.5, 0.6) is 5.75 Å². The molecule has 1 aromatic carbocycles. The van der Waals surface area contributed by atoms with Crippen molar-refractivity contribution in [1.82, 2.24) is 9.80 Å². The zero-order chi connectivity index (χ0) is 18.0. The molecule has 0 aromatic heterocycles. The quantitative estimate of drug-likeness (QED) is 0.830. The van der Waals surface area contributed by atoms with Gasteiger partial charge in [0.05, 0.1) is 7.11 Å². The van der Waals surface area contributed by atoms with Gasteiger partial charge in [0, 0.05) is 26.2 Å². The van der Waals surface area contributed by atoms with Crippen molar-refractivity contribution in [3.63, 3.8) is 0 Å². The van der Waals surface area contributed by atoms with E-state index in [1.54, 1.807) is 7.11 Å². The highest BCUT2D eigenvalue weighted by molar-refractivity contribution is 5.81. The molecule has 4 rings (SSSR count). The van der Waals surface area contributed by atoms with Crippen LogP contribution in [0.2, 0.25) is 0 Å². The van der Waals surface area contributed by atoms with E-state index in [4.69, 9.17) is 9.47 Å². The molecule has 0 radical (unpaired) electrons. The lowest BCUT2D eigenvalue weighted by molar-refractivity contribution is -0.140. The van der Waals surface area contributed by atoms with Gasteiger partial charge in [0.25, 0.3) is 5.91 Å². The Balaban J connectivity index is 1.30. The van der Waals surface area contributed by atoms with Gasteiger partial charge in [-0.25, -0.2) is 0 Å². The largest absolute Gasteiger partial charge is 0.497 e. The van der Waals surface area contributed by atoms with Gasteiger partial charge in [-0.2, -0.15) is 0 Å². The SMILES string of the molecule is COc1cccc(CN2CCC3(CC2)CCN(C(=O)[C@@H]2CCCO2)C3)c1. The van der Waals surface area contributed by atoms with E-state index in [9.17, 15) is 4.79 Å². The van der Waals surface area contributed by atoms with Crippen LogP contribution in [0, 0.1) is 5.41 Å². The second-order valence-corrected chi connectivity index (χ2v) is 8.14. The topological polar surface area (TPSA) is 42.0 Å². The van der Waals surface area contributed by atoms with Gasteiger partial charge in [-0.3, -0.25) is 9.69 Å². The van der Waals surface area contributed by atoms with Gasteiger partial charge in [0.2, 0.25) is 0 Å². The van der Waals surface area contributed by atoms with Crippen LogP contribution >= 0.6 is 0 Å². The van der Waals surface area contributed by atoms with Crippen LogP contribution in [0.15, 0.2) is 24.3 Å². The Bertz CT molecular complexity index is 634. The molecule has 1 atom stereocenters. The van der Waals surface area contributed by atoms with Gasteiger partial charge in [0.1, 0.15) is 11.9 Å². The number of piperidine rings is 1. The fourth-order valence-corrected chi connectivity index (χ4v) is 4.72. The van der Waals surface area contributed by atoms with Crippen molar-refractivity contribution in [2.24, 2.45) is 5.41 Å². The summed E-state index contributed by atoms with van der Waals surface area (Å²) in [6, 6.07) is 8.35. The first kappa shape index (κ1) is 17.8. The molecule has 3 heterocycles. The van der Waals surface area contributed by atoms with E-state index in [1.807, 2.05) is 6.07 Å². The smallest absolute Gasteiger partial charge is 0.251 e. The Morgan fingerprint density at radius 2 is 2.08 bits per heavy atom. The normalized spacial score (nSPS) is 25.7. The molecule has 0 aliphatic carbocycles. The fourth-order valence-electron chi connectivity index (χ4n) is 4.72. The summed E-state index contributed by atoms with van der Waals surface area (Å²) in [7, 11) is 1.72. The average molecular weight is 358 g/mol. The van der Waals surface area contributed by atoms with Crippen LogP contribution in [0.25, 0.3) is 0 Å². The molecule has 5 nitrogen and oxygen atoms in total. The summed E-state index contributed by atoms with van der Waals surface area (Å²) in [6.45, 7) is 5.78. The van der Waals surface area contributed by atoms with E-state index in [0.29, 0.717) is 5.41 Å². The second-order valence-electron chi connectivity index (χ2n) is 8.14. The molecular weight excluding hydrogens is 328 g/mol. The number of amides is 1. The van der Waals surface area contributed by atoms with E-state index in [2.05, 4.69) is 28.0 Å². The van der Waals surface area contributed by atoms with Gasteiger partial charge in [-0.15, -0.1) is 0 Å². The minimum Gasteiger partial charge on any atom is -0.497 e. The standard InChI is InChI=1S/C21H30N2O3/c1-25-18-5-2-4-17(14-18)15-22-10-7-21(8-11-22)9-12-23(16-21)20(24)19-6-3-13-26-19/h2,4-5,14,19H,3,6-13,15-16H2,1H3/t19-/m0/s1. The molecule has 0 N–H and O–H groups in total.